The predicted octanol–water partition coefficient (Wildman–Crippen LogP) is 3.07. The summed E-state index contributed by atoms with van der Waals surface area (Å²) in [6, 6.07) is 3.17. The third-order valence-electron chi connectivity index (χ3n) is 4.14. The summed E-state index contributed by atoms with van der Waals surface area (Å²) in [5.41, 5.74) is 5.30. The molecular formula is C17H17F3N6OS. The van der Waals surface area contributed by atoms with Crippen LogP contribution in [0.2, 0.25) is 0 Å². The zero-order chi connectivity index (χ0) is 20.3. The maximum absolute atomic E-state index is 13.2. The molecular weight excluding hydrogens is 393 g/mol. The van der Waals surface area contributed by atoms with E-state index in [2.05, 4.69) is 25.3 Å². The summed E-state index contributed by atoms with van der Waals surface area (Å²) in [4.78, 5) is 28.2. The molecule has 0 spiro atoms. The summed E-state index contributed by atoms with van der Waals surface area (Å²) in [6.45, 7) is 1.25. The molecule has 3 rings (SSSR count). The number of rotatable bonds is 5. The molecule has 0 bridgehead atoms. The molecule has 1 amide bonds. The molecule has 2 atom stereocenters. The predicted molar refractivity (Wildman–Crippen MR) is 100 cm³/mol. The van der Waals surface area contributed by atoms with Crippen molar-refractivity contribution in [3.63, 3.8) is 0 Å². The van der Waals surface area contributed by atoms with Crippen molar-refractivity contribution in [2.24, 2.45) is 10.7 Å². The van der Waals surface area contributed by atoms with Crippen LogP contribution in [-0.4, -0.2) is 38.0 Å². The van der Waals surface area contributed by atoms with Crippen LogP contribution >= 0.6 is 11.8 Å². The van der Waals surface area contributed by atoms with E-state index in [4.69, 9.17) is 5.73 Å². The van der Waals surface area contributed by atoms with Crippen LogP contribution in [0, 0.1) is 0 Å². The van der Waals surface area contributed by atoms with Gasteiger partial charge < -0.3 is 11.1 Å². The minimum absolute atomic E-state index is 0.109. The van der Waals surface area contributed by atoms with Crippen molar-refractivity contribution in [2.75, 3.05) is 12.0 Å². The molecule has 1 aliphatic rings. The zero-order valence-corrected chi connectivity index (χ0v) is 15.6. The monoisotopic (exact) mass is 410 g/mol. The average molecular weight is 410 g/mol. The van der Waals surface area contributed by atoms with E-state index in [-0.39, 0.29) is 16.1 Å². The van der Waals surface area contributed by atoms with Gasteiger partial charge in [-0.05, 0) is 25.5 Å². The molecule has 0 radical (unpaired) electrons. The number of halogens is 3. The highest BCUT2D eigenvalue weighted by molar-refractivity contribution is 8.14. The number of nitrogens with zero attached hydrogens (tertiary/aromatic N) is 4. The van der Waals surface area contributed by atoms with E-state index in [0.717, 1.165) is 12.4 Å². The Hall–Kier alpha value is -2.69. The SMILES string of the molecule is C[C@@]1(c2cc(NC(=O)c3cnc(C(F)F)cn3)ccn2)C[C@@H](CF)SC(N)=N1. The number of amides is 1. The number of aliphatic imine (C=N–C) groups is 1. The molecule has 2 aromatic heterocycles. The molecule has 148 valence electrons. The van der Waals surface area contributed by atoms with Gasteiger partial charge in [-0.2, -0.15) is 0 Å². The second kappa shape index (κ2) is 8.13. The molecule has 0 unspecified atom stereocenters. The summed E-state index contributed by atoms with van der Waals surface area (Å²) in [7, 11) is 0. The normalized spacial score (nSPS) is 22.0. The lowest BCUT2D eigenvalue weighted by molar-refractivity contribution is 0.102. The zero-order valence-electron chi connectivity index (χ0n) is 14.8. The molecule has 28 heavy (non-hydrogen) atoms. The van der Waals surface area contributed by atoms with E-state index in [1.54, 1.807) is 19.1 Å². The van der Waals surface area contributed by atoms with Gasteiger partial charge >= 0.3 is 0 Å². The number of hydrogen-bond donors (Lipinski definition) is 2. The quantitative estimate of drug-likeness (QED) is 0.785. The Labute approximate surface area is 163 Å². The van der Waals surface area contributed by atoms with Gasteiger partial charge in [0.15, 0.2) is 5.17 Å². The van der Waals surface area contributed by atoms with Crippen LogP contribution in [0.1, 0.15) is 41.6 Å². The van der Waals surface area contributed by atoms with Gasteiger partial charge in [0.05, 0.1) is 18.1 Å². The van der Waals surface area contributed by atoms with Crippen molar-refractivity contribution in [1.29, 1.82) is 0 Å². The fourth-order valence-electron chi connectivity index (χ4n) is 2.78. The highest BCUT2D eigenvalue weighted by atomic mass is 32.2. The van der Waals surface area contributed by atoms with Crippen molar-refractivity contribution in [2.45, 2.75) is 30.6 Å². The molecule has 0 saturated heterocycles. The Morgan fingerprint density at radius 2 is 2.18 bits per heavy atom. The van der Waals surface area contributed by atoms with Gasteiger partial charge in [0.25, 0.3) is 12.3 Å². The second-order valence-corrected chi connectivity index (χ2v) is 7.65. The molecule has 0 saturated carbocycles. The van der Waals surface area contributed by atoms with Crippen molar-refractivity contribution in [3.05, 3.63) is 47.8 Å². The lowest BCUT2D eigenvalue weighted by Crippen LogP contribution is -2.35. The molecule has 0 aliphatic carbocycles. The Morgan fingerprint density at radius 1 is 1.39 bits per heavy atom. The number of hydrogen-bond acceptors (Lipinski definition) is 7. The smallest absolute Gasteiger partial charge is 0.281 e. The number of carbonyl (C=O) groups is 1. The lowest BCUT2D eigenvalue weighted by Gasteiger charge is -2.32. The summed E-state index contributed by atoms with van der Waals surface area (Å²) < 4.78 is 38.2. The first kappa shape index (κ1) is 20.1. The number of carbonyl (C=O) groups excluding carboxylic acids is 1. The summed E-state index contributed by atoms with van der Waals surface area (Å²) in [5, 5.41) is 2.56. The minimum atomic E-state index is -2.76. The first-order valence-electron chi connectivity index (χ1n) is 8.26. The Kier molecular flexibility index (Phi) is 5.82. The molecule has 7 nitrogen and oxygen atoms in total. The van der Waals surface area contributed by atoms with Gasteiger partial charge in [-0.25, -0.2) is 23.1 Å². The summed E-state index contributed by atoms with van der Waals surface area (Å²) in [5.74, 6) is -0.612. The molecule has 0 fully saturated rings. The third-order valence-corrected chi connectivity index (χ3v) is 5.10. The molecule has 11 heteroatoms. The maximum atomic E-state index is 13.2. The molecule has 2 aromatic rings. The number of nitrogens with one attached hydrogen (secondary N) is 1. The van der Waals surface area contributed by atoms with Crippen molar-refractivity contribution >= 4 is 28.5 Å². The van der Waals surface area contributed by atoms with Crippen LogP contribution < -0.4 is 11.1 Å². The largest absolute Gasteiger partial charge is 0.379 e. The molecule has 0 aromatic carbocycles. The van der Waals surface area contributed by atoms with Crippen LogP contribution in [0.4, 0.5) is 18.9 Å². The summed E-state index contributed by atoms with van der Waals surface area (Å²) >= 11 is 1.19. The maximum Gasteiger partial charge on any atom is 0.281 e. The third kappa shape index (κ3) is 4.41. The Balaban J connectivity index is 1.79. The van der Waals surface area contributed by atoms with E-state index >= 15 is 0 Å². The van der Waals surface area contributed by atoms with E-state index in [9.17, 15) is 18.0 Å². The Morgan fingerprint density at radius 3 is 2.82 bits per heavy atom. The molecule has 3 N–H and O–H groups in total. The first-order chi connectivity index (χ1) is 13.3. The topological polar surface area (TPSA) is 106 Å². The van der Waals surface area contributed by atoms with E-state index in [1.165, 1.54) is 18.0 Å². The van der Waals surface area contributed by atoms with Gasteiger partial charge in [0.1, 0.15) is 23.6 Å². The van der Waals surface area contributed by atoms with Crippen LogP contribution in [-0.2, 0) is 5.54 Å². The fourth-order valence-corrected chi connectivity index (χ4v) is 3.85. The number of pyridine rings is 1. The number of aromatic nitrogens is 3. The van der Waals surface area contributed by atoms with Crippen LogP contribution in [0.15, 0.2) is 35.7 Å². The van der Waals surface area contributed by atoms with E-state index in [0.29, 0.717) is 17.8 Å². The van der Waals surface area contributed by atoms with Gasteiger partial charge in [-0.3, -0.25) is 14.8 Å². The minimum Gasteiger partial charge on any atom is -0.379 e. The Bertz CT molecular complexity index is 895. The molecule has 1 aliphatic heterocycles. The van der Waals surface area contributed by atoms with Gasteiger partial charge in [0.2, 0.25) is 0 Å². The van der Waals surface area contributed by atoms with Gasteiger partial charge in [-0.1, -0.05) is 11.8 Å². The van der Waals surface area contributed by atoms with Crippen LogP contribution in [0.25, 0.3) is 0 Å². The van der Waals surface area contributed by atoms with Crippen molar-refractivity contribution in [1.82, 2.24) is 15.0 Å². The number of anilines is 1. The molecule has 3 heterocycles. The lowest BCUT2D eigenvalue weighted by atomic mass is 9.91. The first-order valence-corrected chi connectivity index (χ1v) is 9.14. The standard InChI is InChI=1S/C17H17F3N6OS/c1-17(5-10(6-18)28-16(21)26-17)13-4-9(2-3-22-13)25-15(27)12-8-23-11(7-24-12)14(19)20/h2-4,7-8,10,14H,5-6H2,1H3,(H2,21,26)(H,22,25,27)/t10-,17-/m0/s1. The summed E-state index contributed by atoms with van der Waals surface area (Å²) in [6.07, 6.45) is 0.963. The number of alkyl halides is 3. The second-order valence-electron chi connectivity index (χ2n) is 6.33. The highest BCUT2D eigenvalue weighted by Crippen LogP contribution is 2.38. The van der Waals surface area contributed by atoms with Crippen molar-refractivity contribution in [3.8, 4) is 0 Å². The fraction of sp³-hybridized carbons (Fsp3) is 0.353. The van der Waals surface area contributed by atoms with Crippen LogP contribution in [0.3, 0.4) is 0 Å². The van der Waals surface area contributed by atoms with Crippen LogP contribution in [0.5, 0.6) is 0 Å². The van der Waals surface area contributed by atoms with E-state index < -0.39 is 30.2 Å². The van der Waals surface area contributed by atoms with E-state index in [1.807, 2.05) is 0 Å². The number of amidine groups is 1. The number of thioether (sulfide) groups is 1. The van der Waals surface area contributed by atoms with Gasteiger partial charge in [0, 0.05) is 17.1 Å². The average Bonchev–Trinajstić information content (AvgIpc) is 2.67. The number of nitrogens with two attached hydrogens (primary N) is 1. The van der Waals surface area contributed by atoms with Gasteiger partial charge in [-0.15, -0.1) is 0 Å². The van der Waals surface area contributed by atoms with Crippen molar-refractivity contribution < 1.29 is 18.0 Å². The highest BCUT2D eigenvalue weighted by Gasteiger charge is 2.36.